The fraction of sp³-hybridized carbons (Fsp3) is 0.304. The maximum atomic E-state index is 4.59. The van der Waals surface area contributed by atoms with Crippen molar-refractivity contribution in [2.45, 2.75) is 46.3 Å². The highest BCUT2D eigenvalue weighted by Crippen LogP contribution is 2.24. The second-order valence-corrected chi connectivity index (χ2v) is 8.24. The maximum absolute atomic E-state index is 4.59. The van der Waals surface area contributed by atoms with Crippen LogP contribution in [0.5, 0.6) is 0 Å². The molecule has 3 aromatic rings. The average Bonchev–Trinajstić information content (AvgIpc) is 3.16. The molecule has 0 radical (unpaired) electrons. The van der Waals surface area contributed by atoms with Gasteiger partial charge in [-0.2, -0.15) is 5.10 Å². The topological polar surface area (TPSA) is 40.5 Å². The van der Waals surface area contributed by atoms with Crippen molar-refractivity contribution in [2.75, 3.05) is 5.43 Å². The van der Waals surface area contributed by atoms with Crippen LogP contribution in [0, 0.1) is 0 Å². The number of nitrogens with one attached hydrogen (secondary N) is 1. The van der Waals surface area contributed by atoms with Gasteiger partial charge in [-0.3, -0.25) is 10.3 Å². The molecule has 0 spiro atoms. The molecule has 1 heterocycles. The van der Waals surface area contributed by atoms with Crippen molar-refractivity contribution in [2.24, 2.45) is 5.10 Å². The van der Waals surface area contributed by atoms with E-state index in [9.17, 15) is 0 Å². The number of nitrogens with zero attached hydrogens (tertiary/aromatic N) is 3. The number of aromatic nitrogens is 1. The molecule has 3 rings (SSSR count). The Bertz CT molecular complexity index is 892. The Morgan fingerprint density at radius 3 is 2.50 bits per heavy atom. The van der Waals surface area contributed by atoms with Crippen molar-refractivity contribution in [1.82, 2.24) is 9.88 Å². The normalized spacial score (nSPS) is 11.8. The van der Waals surface area contributed by atoms with E-state index >= 15 is 0 Å². The molecule has 146 valence electrons. The van der Waals surface area contributed by atoms with Gasteiger partial charge >= 0.3 is 0 Å². The van der Waals surface area contributed by atoms with Crippen LogP contribution in [0.1, 0.15) is 38.8 Å². The fourth-order valence-corrected chi connectivity index (χ4v) is 3.84. The Kier molecular flexibility index (Phi) is 6.95. The van der Waals surface area contributed by atoms with Gasteiger partial charge in [0.05, 0.1) is 11.9 Å². The number of hydrazone groups is 1. The lowest BCUT2D eigenvalue weighted by atomic mass is 10.1. The monoisotopic (exact) mass is 392 g/mol. The lowest BCUT2D eigenvalue weighted by Crippen LogP contribution is -2.36. The van der Waals surface area contributed by atoms with Crippen molar-refractivity contribution in [1.29, 1.82) is 0 Å². The van der Waals surface area contributed by atoms with E-state index in [0.717, 1.165) is 28.5 Å². The van der Waals surface area contributed by atoms with Gasteiger partial charge in [0, 0.05) is 29.6 Å². The molecule has 0 aliphatic rings. The summed E-state index contributed by atoms with van der Waals surface area (Å²) in [6.45, 7) is 9.91. The van der Waals surface area contributed by atoms with Crippen LogP contribution in [-0.4, -0.2) is 28.2 Å². The van der Waals surface area contributed by atoms with Crippen molar-refractivity contribution in [3.8, 4) is 11.3 Å². The molecule has 0 unspecified atom stereocenters. The Morgan fingerprint density at radius 2 is 1.79 bits per heavy atom. The molecule has 4 nitrogen and oxygen atoms in total. The summed E-state index contributed by atoms with van der Waals surface area (Å²) in [7, 11) is 0. The van der Waals surface area contributed by atoms with E-state index in [4.69, 9.17) is 0 Å². The molecule has 28 heavy (non-hydrogen) atoms. The molecule has 0 bridgehead atoms. The zero-order chi connectivity index (χ0) is 19.9. The van der Waals surface area contributed by atoms with Gasteiger partial charge < -0.3 is 0 Å². The van der Waals surface area contributed by atoms with Gasteiger partial charge in [-0.15, -0.1) is 11.3 Å². The fourth-order valence-electron chi connectivity index (χ4n) is 3.17. The van der Waals surface area contributed by atoms with E-state index in [1.54, 1.807) is 11.3 Å². The zero-order valence-electron chi connectivity index (χ0n) is 17.0. The van der Waals surface area contributed by atoms with Crippen molar-refractivity contribution >= 4 is 22.7 Å². The highest BCUT2D eigenvalue weighted by atomic mass is 32.1. The summed E-state index contributed by atoms with van der Waals surface area (Å²) in [6, 6.07) is 19.7. The summed E-state index contributed by atoms with van der Waals surface area (Å²) >= 11 is 1.55. The van der Waals surface area contributed by atoms with E-state index in [1.807, 2.05) is 29.8 Å². The first-order valence-corrected chi connectivity index (χ1v) is 10.6. The van der Waals surface area contributed by atoms with Gasteiger partial charge in [-0.25, -0.2) is 4.98 Å². The summed E-state index contributed by atoms with van der Waals surface area (Å²) in [5, 5.41) is 7.20. The first kappa shape index (κ1) is 20.2. The number of anilines is 1. The second kappa shape index (κ2) is 9.62. The van der Waals surface area contributed by atoms with E-state index < -0.39 is 0 Å². The SMILES string of the molecule is CC(C)N(Cc1cccc(C=NNc2nc(-c3ccccc3)cs2)c1)C(C)C. The predicted molar refractivity (Wildman–Crippen MR) is 121 cm³/mol. The molecule has 0 aliphatic heterocycles. The van der Waals surface area contributed by atoms with Crippen LogP contribution < -0.4 is 5.43 Å². The third kappa shape index (κ3) is 5.50. The van der Waals surface area contributed by atoms with Crippen LogP contribution in [0.4, 0.5) is 5.13 Å². The smallest absolute Gasteiger partial charge is 0.203 e. The van der Waals surface area contributed by atoms with Gasteiger partial charge in [0.15, 0.2) is 0 Å². The van der Waals surface area contributed by atoms with Crippen LogP contribution in [0.15, 0.2) is 65.1 Å². The minimum atomic E-state index is 0.516. The first-order chi connectivity index (χ1) is 13.5. The standard InChI is InChI=1S/C23H28N4S/c1-17(2)27(18(3)4)15-20-10-8-9-19(13-20)14-24-26-23-25-22(16-28-23)21-11-6-5-7-12-21/h5-14,16-18H,15H2,1-4H3,(H,25,26). The predicted octanol–water partition coefficient (Wildman–Crippen LogP) is 5.87. The number of rotatable bonds is 8. The number of hydrogen-bond acceptors (Lipinski definition) is 5. The highest BCUT2D eigenvalue weighted by Gasteiger charge is 2.13. The number of benzene rings is 2. The van der Waals surface area contributed by atoms with E-state index in [1.165, 1.54) is 5.56 Å². The molecule has 0 amide bonds. The zero-order valence-corrected chi connectivity index (χ0v) is 17.8. The summed E-state index contributed by atoms with van der Waals surface area (Å²) in [5.41, 5.74) is 7.51. The van der Waals surface area contributed by atoms with Gasteiger partial charge in [-0.1, -0.05) is 48.5 Å². The molecule has 0 aliphatic carbocycles. The molecule has 5 heteroatoms. The molecule has 1 N–H and O–H groups in total. The van der Waals surface area contributed by atoms with Crippen molar-refractivity contribution in [3.63, 3.8) is 0 Å². The third-order valence-corrected chi connectivity index (χ3v) is 5.34. The van der Waals surface area contributed by atoms with Crippen LogP contribution >= 0.6 is 11.3 Å². The molecule has 0 atom stereocenters. The summed E-state index contributed by atoms with van der Waals surface area (Å²) in [5.74, 6) is 0. The van der Waals surface area contributed by atoms with Gasteiger partial charge in [-0.05, 0) is 44.9 Å². The third-order valence-electron chi connectivity index (χ3n) is 4.59. The molecule has 0 saturated heterocycles. The van der Waals surface area contributed by atoms with Crippen LogP contribution in [-0.2, 0) is 6.54 Å². The molecular weight excluding hydrogens is 364 g/mol. The Hall–Kier alpha value is -2.50. The number of hydrogen-bond donors (Lipinski definition) is 1. The quantitative estimate of drug-likeness (QED) is 0.385. The van der Waals surface area contributed by atoms with E-state index in [-0.39, 0.29) is 0 Å². The summed E-state index contributed by atoms with van der Waals surface area (Å²) in [6.07, 6.45) is 1.85. The minimum absolute atomic E-state index is 0.516. The second-order valence-electron chi connectivity index (χ2n) is 7.38. The Labute approximate surface area is 172 Å². The molecule has 2 aromatic carbocycles. The average molecular weight is 393 g/mol. The summed E-state index contributed by atoms with van der Waals surface area (Å²) in [4.78, 5) is 7.08. The van der Waals surface area contributed by atoms with Gasteiger partial charge in [0.25, 0.3) is 0 Å². The van der Waals surface area contributed by atoms with Crippen LogP contribution in [0.3, 0.4) is 0 Å². The van der Waals surface area contributed by atoms with E-state index in [0.29, 0.717) is 12.1 Å². The lowest BCUT2D eigenvalue weighted by Gasteiger charge is -2.30. The van der Waals surface area contributed by atoms with E-state index in [2.05, 4.69) is 84.5 Å². The van der Waals surface area contributed by atoms with Crippen LogP contribution in [0.25, 0.3) is 11.3 Å². The summed E-state index contributed by atoms with van der Waals surface area (Å²) < 4.78 is 0. The van der Waals surface area contributed by atoms with Crippen molar-refractivity contribution in [3.05, 3.63) is 71.1 Å². The molecule has 0 saturated carbocycles. The largest absolute Gasteiger partial charge is 0.294 e. The molecule has 0 fully saturated rings. The Morgan fingerprint density at radius 1 is 1.04 bits per heavy atom. The van der Waals surface area contributed by atoms with Gasteiger partial charge in [0.2, 0.25) is 5.13 Å². The van der Waals surface area contributed by atoms with Crippen LogP contribution in [0.2, 0.25) is 0 Å². The van der Waals surface area contributed by atoms with Crippen molar-refractivity contribution < 1.29 is 0 Å². The first-order valence-electron chi connectivity index (χ1n) is 9.67. The highest BCUT2D eigenvalue weighted by molar-refractivity contribution is 7.14. The minimum Gasteiger partial charge on any atom is -0.294 e. The molecule has 1 aromatic heterocycles. The Balaban J connectivity index is 1.63. The lowest BCUT2D eigenvalue weighted by molar-refractivity contribution is 0.166. The van der Waals surface area contributed by atoms with Gasteiger partial charge in [0.1, 0.15) is 0 Å². The number of thiazole rings is 1. The molecular formula is C23H28N4S. The maximum Gasteiger partial charge on any atom is 0.203 e.